The largest absolute Gasteiger partial charge is 0.453 e. The molecule has 1 aromatic carbocycles. The third kappa shape index (κ3) is 11.5. The van der Waals surface area contributed by atoms with Crippen LogP contribution in [-0.4, -0.2) is 84.6 Å². The molecule has 3 atom stereocenters. The van der Waals surface area contributed by atoms with Crippen LogP contribution in [0.5, 0.6) is 0 Å². The van der Waals surface area contributed by atoms with Crippen molar-refractivity contribution in [2.75, 3.05) is 27.3 Å². The van der Waals surface area contributed by atoms with Crippen LogP contribution < -0.4 is 21.4 Å². The van der Waals surface area contributed by atoms with Crippen molar-refractivity contribution < 1.29 is 33.8 Å². The van der Waals surface area contributed by atoms with Gasteiger partial charge in [-0.2, -0.15) is 0 Å². The molecule has 0 fully saturated rings. The maximum absolute atomic E-state index is 13.4. The molecule has 0 radical (unpaired) electrons. The fourth-order valence-corrected chi connectivity index (χ4v) is 4.25. The molecule has 2 aromatic rings. The Morgan fingerprint density at radius 2 is 1.39 bits per heavy atom. The van der Waals surface area contributed by atoms with Gasteiger partial charge in [0.15, 0.2) is 0 Å². The molecular weight excluding hydrogens is 568 g/mol. The number of amides is 4. The lowest BCUT2D eigenvalue weighted by molar-refractivity contribution is -0.132. The molecule has 0 aliphatic rings. The average molecular weight is 615 g/mol. The average Bonchev–Trinajstić information content (AvgIpc) is 2.96. The fraction of sp³-hybridized carbons (Fsp3) is 0.516. The Labute approximate surface area is 259 Å². The summed E-state index contributed by atoms with van der Waals surface area (Å²) in [6, 6.07) is 11.3. The maximum Gasteiger partial charge on any atom is 0.407 e. The van der Waals surface area contributed by atoms with Crippen LogP contribution in [-0.2, 0) is 25.6 Å². The highest BCUT2D eigenvalue weighted by Gasteiger charge is 2.35. The van der Waals surface area contributed by atoms with E-state index in [1.54, 1.807) is 47.7 Å². The first-order valence-corrected chi connectivity index (χ1v) is 14.3. The van der Waals surface area contributed by atoms with Gasteiger partial charge in [0, 0.05) is 31.4 Å². The van der Waals surface area contributed by atoms with Crippen molar-refractivity contribution in [1.82, 2.24) is 31.4 Å². The molecule has 13 nitrogen and oxygen atoms in total. The zero-order valence-corrected chi connectivity index (χ0v) is 26.8. The van der Waals surface area contributed by atoms with Gasteiger partial charge in [-0.05, 0) is 28.5 Å². The molecule has 13 heteroatoms. The number of carbonyl (C=O) groups excluding carboxylic acids is 4. The number of nitrogens with one attached hydrogen (secondary N) is 4. The summed E-state index contributed by atoms with van der Waals surface area (Å²) in [5, 5.41) is 20.2. The van der Waals surface area contributed by atoms with Gasteiger partial charge in [0.25, 0.3) is 5.91 Å². The summed E-state index contributed by atoms with van der Waals surface area (Å²) in [5.74, 6) is -1.02. The van der Waals surface area contributed by atoms with Gasteiger partial charge in [0.05, 0.1) is 26.0 Å². The second-order valence-corrected chi connectivity index (χ2v) is 12.5. The highest BCUT2D eigenvalue weighted by atomic mass is 16.5. The van der Waals surface area contributed by atoms with Crippen LogP contribution in [0.25, 0.3) is 11.3 Å². The van der Waals surface area contributed by atoms with Gasteiger partial charge in [-0.25, -0.2) is 14.6 Å². The van der Waals surface area contributed by atoms with E-state index in [1.165, 1.54) is 19.2 Å². The number of rotatable bonds is 12. The van der Waals surface area contributed by atoms with Gasteiger partial charge in [0.1, 0.15) is 12.1 Å². The standard InChI is InChI=1S/C31H46N6O7/c1-30(2,3)24(34-28(41)43-7)26(39)33-17-22(38)19-37(36-27(40)25(31(4,5)6)35-29(42)44-8)18-20-12-14-21(15-13-20)23-11-9-10-16-32-23/h9-16,22,24-25,38H,17-19H2,1-8H3,(H,33,39)(H,34,41)(H,35,42)(H,36,40)/t22?,24?,25-/m1/s1. The Kier molecular flexibility index (Phi) is 13.1. The van der Waals surface area contributed by atoms with Gasteiger partial charge in [-0.15, -0.1) is 0 Å². The molecule has 0 aliphatic carbocycles. The molecule has 44 heavy (non-hydrogen) atoms. The molecule has 242 valence electrons. The number of carbonyl (C=O) groups is 4. The number of aliphatic hydroxyl groups excluding tert-OH is 1. The molecule has 0 saturated heterocycles. The SMILES string of the molecule is COC(=O)NC(C(=O)NCC(O)CN(Cc1ccc(-c2ccccn2)cc1)NC(=O)[C@@H](NC(=O)OC)C(C)(C)C)C(C)(C)C. The summed E-state index contributed by atoms with van der Waals surface area (Å²) in [4.78, 5) is 54.5. The number of hydrogen-bond donors (Lipinski definition) is 5. The Balaban J connectivity index is 2.22. The third-order valence-electron chi connectivity index (χ3n) is 6.65. The summed E-state index contributed by atoms with van der Waals surface area (Å²) < 4.78 is 9.35. The number of nitrogens with zero attached hydrogens (tertiary/aromatic N) is 2. The summed E-state index contributed by atoms with van der Waals surface area (Å²) in [6.07, 6.45) is -0.914. The minimum absolute atomic E-state index is 0.0757. The molecule has 1 aromatic heterocycles. The summed E-state index contributed by atoms with van der Waals surface area (Å²) in [7, 11) is 2.42. The number of hydrogen-bond acceptors (Lipinski definition) is 9. The number of pyridine rings is 1. The van der Waals surface area contributed by atoms with E-state index >= 15 is 0 Å². The first-order chi connectivity index (χ1) is 20.5. The first-order valence-electron chi connectivity index (χ1n) is 14.3. The van der Waals surface area contributed by atoms with Crippen molar-refractivity contribution in [2.24, 2.45) is 10.8 Å². The van der Waals surface area contributed by atoms with Gasteiger partial charge in [0.2, 0.25) is 5.91 Å². The predicted molar refractivity (Wildman–Crippen MR) is 165 cm³/mol. The number of benzene rings is 1. The second kappa shape index (κ2) is 16.0. The van der Waals surface area contributed by atoms with Crippen molar-refractivity contribution in [3.8, 4) is 11.3 Å². The number of hydrazine groups is 1. The highest BCUT2D eigenvalue weighted by Crippen LogP contribution is 2.21. The number of aliphatic hydroxyl groups is 1. The van der Waals surface area contributed by atoms with Crippen LogP contribution in [0.2, 0.25) is 0 Å². The van der Waals surface area contributed by atoms with E-state index in [4.69, 9.17) is 4.74 Å². The van der Waals surface area contributed by atoms with Gasteiger partial charge in [-0.3, -0.25) is 20.0 Å². The predicted octanol–water partition coefficient (Wildman–Crippen LogP) is 2.60. The molecule has 4 amide bonds. The van der Waals surface area contributed by atoms with Crippen LogP contribution in [0, 0.1) is 10.8 Å². The van der Waals surface area contributed by atoms with E-state index in [-0.39, 0.29) is 19.6 Å². The Hall–Kier alpha value is -4.23. The van der Waals surface area contributed by atoms with Crippen molar-refractivity contribution in [3.63, 3.8) is 0 Å². The van der Waals surface area contributed by atoms with Crippen molar-refractivity contribution in [1.29, 1.82) is 0 Å². The van der Waals surface area contributed by atoms with E-state index in [9.17, 15) is 24.3 Å². The van der Waals surface area contributed by atoms with Crippen molar-refractivity contribution in [3.05, 3.63) is 54.2 Å². The molecule has 0 aliphatic heterocycles. The minimum Gasteiger partial charge on any atom is -0.453 e. The monoisotopic (exact) mass is 614 g/mol. The van der Waals surface area contributed by atoms with E-state index in [1.807, 2.05) is 42.5 Å². The zero-order valence-electron chi connectivity index (χ0n) is 26.8. The topological polar surface area (TPSA) is 171 Å². The van der Waals surface area contributed by atoms with E-state index in [0.29, 0.717) is 0 Å². The van der Waals surface area contributed by atoms with Gasteiger partial charge in [-0.1, -0.05) is 71.9 Å². The Bertz CT molecular complexity index is 1240. The molecule has 2 unspecified atom stereocenters. The quantitative estimate of drug-likeness (QED) is 0.225. The smallest absolute Gasteiger partial charge is 0.407 e. The summed E-state index contributed by atoms with van der Waals surface area (Å²) >= 11 is 0. The number of methoxy groups -OCH3 is 2. The zero-order chi connectivity index (χ0) is 33.1. The minimum atomic E-state index is -1.12. The van der Waals surface area contributed by atoms with Gasteiger partial charge < -0.3 is 30.5 Å². The van der Waals surface area contributed by atoms with Crippen LogP contribution in [0.1, 0.15) is 47.1 Å². The fourth-order valence-electron chi connectivity index (χ4n) is 4.25. The number of ether oxygens (including phenoxy) is 2. The van der Waals surface area contributed by atoms with E-state index in [0.717, 1.165) is 16.8 Å². The Morgan fingerprint density at radius 1 is 0.841 bits per heavy atom. The lowest BCUT2D eigenvalue weighted by Gasteiger charge is -2.33. The molecule has 0 saturated carbocycles. The lowest BCUT2D eigenvalue weighted by atomic mass is 9.86. The second-order valence-electron chi connectivity index (χ2n) is 12.5. The van der Waals surface area contributed by atoms with Crippen LogP contribution in [0.15, 0.2) is 48.7 Å². The molecule has 0 spiro atoms. The Morgan fingerprint density at radius 3 is 1.86 bits per heavy atom. The number of aromatic nitrogens is 1. The van der Waals surface area contributed by atoms with Crippen LogP contribution in [0.4, 0.5) is 9.59 Å². The molecular formula is C31H46N6O7. The normalized spacial score (nSPS) is 13.7. The lowest BCUT2D eigenvalue weighted by Crippen LogP contribution is -2.58. The van der Waals surface area contributed by atoms with Crippen LogP contribution >= 0.6 is 0 Å². The van der Waals surface area contributed by atoms with E-state index < -0.39 is 53.0 Å². The highest BCUT2D eigenvalue weighted by molar-refractivity contribution is 5.87. The third-order valence-corrected chi connectivity index (χ3v) is 6.65. The van der Waals surface area contributed by atoms with E-state index in [2.05, 4.69) is 31.1 Å². The molecule has 2 rings (SSSR count). The van der Waals surface area contributed by atoms with Crippen molar-refractivity contribution in [2.45, 2.75) is 66.3 Å². The van der Waals surface area contributed by atoms with Crippen LogP contribution in [0.3, 0.4) is 0 Å². The summed E-state index contributed by atoms with van der Waals surface area (Å²) in [5.41, 5.74) is 4.05. The molecule has 5 N–H and O–H groups in total. The first kappa shape index (κ1) is 36.0. The number of alkyl carbamates (subject to hydrolysis) is 2. The van der Waals surface area contributed by atoms with Crippen molar-refractivity contribution >= 4 is 24.0 Å². The molecule has 0 bridgehead atoms. The molecule has 1 heterocycles. The summed E-state index contributed by atoms with van der Waals surface area (Å²) in [6.45, 7) is 10.7. The van der Waals surface area contributed by atoms with Gasteiger partial charge >= 0.3 is 12.2 Å². The maximum atomic E-state index is 13.4.